The van der Waals surface area contributed by atoms with E-state index in [1.165, 1.54) is 37.7 Å². The van der Waals surface area contributed by atoms with Crippen LogP contribution in [0.25, 0.3) is 11.0 Å². The molecule has 306 valence electrons. The number of imide groups is 1. The molecule has 4 aromatic carbocycles. The number of carbonyl (C=O) groups excluding carboxylic acids is 3. The number of fused-ring (bicyclic) bond motifs is 2. The zero-order chi connectivity index (χ0) is 41.5. The van der Waals surface area contributed by atoms with Gasteiger partial charge in [0.05, 0.1) is 37.2 Å². The number of nitrogens with zero attached hydrogens (tertiary/aromatic N) is 4. The Labute approximate surface area is 345 Å². The van der Waals surface area contributed by atoms with E-state index in [4.69, 9.17) is 21.1 Å². The Kier molecular flexibility index (Phi) is 13.6. The Bertz CT molecular complexity index is 2290. The third kappa shape index (κ3) is 9.76. The molecule has 0 spiro atoms. The lowest BCUT2D eigenvalue weighted by Gasteiger charge is -2.30. The fourth-order valence-corrected chi connectivity index (χ4v) is 8.00. The highest BCUT2D eigenvalue weighted by Crippen LogP contribution is 2.37. The minimum atomic E-state index is -0.616. The normalized spacial score (nSPS) is 16.8. The quantitative estimate of drug-likeness (QED) is 0.165. The molecule has 11 nitrogen and oxygen atoms in total. The molecule has 1 aromatic heterocycles. The predicted molar refractivity (Wildman–Crippen MR) is 230 cm³/mol. The van der Waals surface area contributed by atoms with Crippen molar-refractivity contribution in [2.75, 3.05) is 31.0 Å². The summed E-state index contributed by atoms with van der Waals surface area (Å²) in [5.41, 5.74) is 6.82. The van der Waals surface area contributed by atoms with Gasteiger partial charge in [0.25, 0.3) is 0 Å². The average molecular weight is 808 g/mol. The van der Waals surface area contributed by atoms with E-state index in [0.717, 1.165) is 44.3 Å². The van der Waals surface area contributed by atoms with Crippen LogP contribution in [-0.4, -0.2) is 54.2 Å². The Morgan fingerprint density at radius 2 is 1.50 bits per heavy atom. The first-order chi connectivity index (χ1) is 27.8. The maximum atomic E-state index is 12.8. The molecule has 5 aromatic rings. The summed E-state index contributed by atoms with van der Waals surface area (Å²) in [5, 5.41) is 3.14. The van der Waals surface area contributed by atoms with Crippen LogP contribution in [0, 0.1) is 0 Å². The van der Waals surface area contributed by atoms with Gasteiger partial charge in [-0.05, 0) is 116 Å². The molecule has 2 aliphatic heterocycles. The second-order valence-electron chi connectivity index (χ2n) is 15.6. The number of ether oxygens (including phenoxy) is 2. The third-order valence-electron chi connectivity index (χ3n) is 10.9. The average Bonchev–Trinajstić information content (AvgIpc) is 3.46. The number of halogens is 1. The van der Waals surface area contributed by atoms with E-state index in [9.17, 15) is 19.2 Å². The number of nitrogens with one attached hydrogen (secondary N) is 1. The Hall–Kier alpha value is -5.55. The fourth-order valence-electron chi connectivity index (χ4n) is 7.86. The number of anilines is 2. The Balaban J connectivity index is 0.000000167. The van der Waals surface area contributed by atoms with Crippen LogP contribution >= 0.6 is 11.6 Å². The molecule has 2 fully saturated rings. The van der Waals surface area contributed by atoms with Crippen molar-refractivity contribution in [1.82, 2.24) is 14.5 Å². The van der Waals surface area contributed by atoms with Crippen molar-refractivity contribution in [3.05, 3.63) is 117 Å². The summed E-state index contributed by atoms with van der Waals surface area (Å²) >= 11 is 5.54. The molecule has 3 amide bonds. The number of hydrogen-bond donors (Lipinski definition) is 1. The summed E-state index contributed by atoms with van der Waals surface area (Å²) in [6, 6.07) is 27.0. The molecule has 1 N–H and O–H groups in total. The van der Waals surface area contributed by atoms with Gasteiger partial charge in [0.1, 0.15) is 6.04 Å². The van der Waals surface area contributed by atoms with Crippen LogP contribution in [0.5, 0.6) is 11.5 Å². The van der Waals surface area contributed by atoms with Crippen LogP contribution in [0.2, 0.25) is 5.02 Å². The molecule has 1 atom stereocenters. The second-order valence-corrected chi connectivity index (χ2v) is 16.0. The van der Waals surface area contributed by atoms with Gasteiger partial charge in [-0.15, -0.1) is 0 Å². The smallest absolute Gasteiger partial charge is 0.329 e. The number of carbonyl (C=O) groups is 3. The van der Waals surface area contributed by atoms with Crippen LogP contribution in [0.3, 0.4) is 0 Å². The molecule has 1 saturated heterocycles. The summed E-state index contributed by atoms with van der Waals surface area (Å²) in [7, 11) is 7.37. The molecule has 1 saturated carbocycles. The number of aromatic nitrogens is 2. The van der Waals surface area contributed by atoms with Gasteiger partial charge < -0.3 is 19.3 Å². The SMILES string of the molecule is COc1cc2c(cc1OC(C)C)CN(c1ccc(N(C)C)cc1)C(=O)C2.Clc1ccccc1.Cn1c(=O)n(C2CCC(=O)NC2=O)c2ccc(C3CCCCC3)cc21. The summed E-state index contributed by atoms with van der Waals surface area (Å²) in [5.74, 6) is 1.39. The van der Waals surface area contributed by atoms with Gasteiger partial charge in [0.15, 0.2) is 11.5 Å². The molecule has 1 aliphatic carbocycles. The van der Waals surface area contributed by atoms with Crippen LogP contribution in [0.15, 0.2) is 89.7 Å². The largest absolute Gasteiger partial charge is 0.493 e. The molecule has 0 radical (unpaired) electrons. The molecule has 1 unspecified atom stereocenters. The monoisotopic (exact) mass is 807 g/mol. The number of hydrogen-bond acceptors (Lipinski definition) is 7. The predicted octanol–water partition coefficient (Wildman–Crippen LogP) is 8.34. The van der Waals surface area contributed by atoms with Gasteiger partial charge in [0, 0.05) is 44.0 Å². The minimum absolute atomic E-state index is 0.0573. The van der Waals surface area contributed by atoms with E-state index in [-0.39, 0.29) is 35.9 Å². The van der Waals surface area contributed by atoms with Gasteiger partial charge in [-0.25, -0.2) is 4.79 Å². The van der Waals surface area contributed by atoms with Crippen LogP contribution in [0.1, 0.15) is 87.4 Å². The van der Waals surface area contributed by atoms with Crippen molar-refractivity contribution < 1.29 is 23.9 Å². The van der Waals surface area contributed by atoms with Crippen LogP contribution in [0.4, 0.5) is 11.4 Å². The molecule has 3 aliphatic rings. The van der Waals surface area contributed by atoms with Crippen molar-refractivity contribution in [3.8, 4) is 11.5 Å². The highest BCUT2D eigenvalue weighted by molar-refractivity contribution is 6.30. The first kappa shape index (κ1) is 42.1. The number of aryl methyl sites for hydroxylation is 1. The maximum Gasteiger partial charge on any atom is 0.329 e. The number of methoxy groups -OCH3 is 1. The summed E-state index contributed by atoms with van der Waals surface area (Å²) in [6.07, 6.45) is 7.29. The zero-order valence-electron chi connectivity index (χ0n) is 34.3. The minimum Gasteiger partial charge on any atom is -0.493 e. The lowest BCUT2D eigenvalue weighted by molar-refractivity contribution is -0.135. The maximum absolute atomic E-state index is 12.8. The van der Waals surface area contributed by atoms with Crippen LogP contribution in [-0.2, 0) is 34.4 Å². The number of benzene rings is 4. The van der Waals surface area contributed by atoms with E-state index in [2.05, 4.69) is 17.4 Å². The Morgan fingerprint density at radius 1 is 0.810 bits per heavy atom. The zero-order valence-corrected chi connectivity index (χ0v) is 35.1. The second kappa shape index (κ2) is 18.8. The Morgan fingerprint density at radius 3 is 2.10 bits per heavy atom. The van der Waals surface area contributed by atoms with E-state index >= 15 is 0 Å². The molecular formula is C46H54ClN5O6. The lowest BCUT2D eigenvalue weighted by Crippen LogP contribution is -2.44. The summed E-state index contributed by atoms with van der Waals surface area (Å²) < 4.78 is 14.5. The molecular weight excluding hydrogens is 754 g/mol. The molecule has 58 heavy (non-hydrogen) atoms. The highest BCUT2D eigenvalue weighted by Gasteiger charge is 2.32. The van der Waals surface area contributed by atoms with Crippen molar-refractivity contribution in [1.29, 1.82) is 0 Å². The summed E-state index contributed by atoms with van der Waals surface area (Å²) in [4.78, 5) is 52.9. The number of piperidine rings is 1. The van der Waals surface area contributed by atoms with Crippen molar-refractivity contribution in [3.63, 3.8) is 0 Å². The van der Waals surface area contributed by atoms with Crippen molar-refractivity contribution in [2.24, 2.45) is 7.05 Å². The fraction of sp³-hybridized carbons (Fsp3) is 0.391. The topological polar surface area (TPSA) is 115 Å². The van der Waals surface area contributed by atoms with Crippen LogP contribution < -0.4 is 30.3 Å². The van der Waals surface area contributed by atoms with Crippen molar-refractivity contribution in [2.45, 2.75) is 89.8 Å². The van der Waals surface area contributed by atoms with E-state index in [1.54, 1.807) is 23.3 Å². The van der Waals surface area contributed by atoms with Gasteiger partial charge >= 0.3 is 5.69 Å². The van der Waals surface area contributed by atoms with E-state index in [0.29, 0.717) is 31.1 Å². The number of imidazole rings is 1. The third-order valence-corrected chi connectivity index (χ3v) is 11.2. The van der Waals surface area contributed by atoms with E-state index in [1.807, 2.05) is 111 Å². The van der Waals surface area contributed by atoms with Crippen molar-refractivity contribution >= 4 is 51.7 Å². The standard InChI is InChI=1S/C21H26N2O3.C19H23N3O3.C6H5Cl/c1-14(2)26-20-11-16-13-23(18-8-6-17(7-9-18)22(3)4)21(24)12-15(16)10-19(20)25-5;1-21-16-11-13(12-5-3-2-4-6-12)7-8-14(16)22(19(21)25)15-9-10-17(23)20-18(15)24;7-6-4-2-1-3-5-6/h6-11,14H,12-13H2,1-5H3;7-8,11-12,15H,2-6,9-10H2,1H3,(H,20,23,24);1-5H. The first-order valence-electron chi connectivity index (χ1n) is 20.0. The summed E-state index contributed by atoms with van der Waals surface area (Å²) in [6.45, 7) is 4.51. The van der Waals surface area contributed by atoms with E-state index < -0.39 is 6.04 Å². The molecule has 8 rings (SSSR count). The highest BCUT2D eigenvalue weighted by atomic mass is 35.5. The first-order valence-corrected chi connectivity index (χ1v) is 20.4. The van der Waals surface area contributed by atoms with Gasteiger partial charge in [-0.1, -0.05) is 55.1 Å². The molecule has 3 heterocycles. The molecule has 0 bridgehead atoms. The lowest BCUT2D eigenvalue weighted by atomic mass is 9.84. The van der Waals surface area contributed by atoms with Gasteiger partial charge in [0.2, 0.25) is 17.7 Å². The molecule has 12 heteroatoms. The van der Waals surface area contributed by atoms with Gasteiger partial charge in [-0.2, -0.15) is 0 Å². The van der Waals surface area contributed by atoms with Gasteiger partial charge in [-0.3, -0.25) is 28.8 Å². The number of rotatable bonds is 7. The number of amides is 3.